The summed E-state index contributed by atoms with van der Waals surface area (Å²) in [6.45, 7) is -0.120. The molecule has 0 aliphatic rings. The Morgan fingerprint density at radius 3 is 2.88 bits per heavy atom. The molecule has 0 unspecified atom stereocenters. The second-order valence-corrected chi connectivity index (χ2v) is 3.33. The number of carbonyl (C=O) groups excluding carboxylic acids is 1. The Morgan fingerprint density at radius 2 is 2.24 bits per heavy atom. The Balaban J connectivity index is 2.01. The van der Waals surface area contributed by atoms with E-state index in [2.05, 4.69) is 15.5 Å². The number of nitrogens with two attached hydrogens (primary N) is 1. The number of halogens is 1. The Hall–Kier alpha value is -2.44. The SMILES string of the molecule is Nc1cnn(CC(=O)Nc2ccccc2F)n1. The highest BCUT2D eigenvalue weighted by Gasteiger charge is 2.08. The van der Waals surface area contributed by atoms with Gasteiger partial charge in [0.2, 0.25) is 5.91 Å². The van der Waals surface area contributed by atoms with Crippen molar-refractivity contribution >= 4 is 17.4 Å². The summed E-state index contributed by atoms with van der Waals surface area (Å²) in [6.07, 6.45) is 1.33. The van der Waals surface area contributed by atoms with Crippen LogP contribution in [0.2, 0.25) is 0 Å². The van der Waals surface area contributed by atoms with Gasteiger partial charge < -0.3 is 11.1 Å². The van der Waals surface area contributed by atoms with Gasteiger partial charge in [-0.25, -0.2) is 4.39 Å². The molecule has 1 aromatic carbocycles. The van der Waals surface area contributed by atoms with Crippen molar-refractivity contribution in [2.75, 3.05) is 11.1 Å². The summed E-state index contributed by atoms with van der Waals surface area (Å²) in [5.41, 5.74) is 5.47. The van der Waals surface area contributed by atoms with Crippen LogP contribution in [-0.2, 0) is 11.3 Å². The van der Waals surface area contributed by atoms with Crippen molar-refractivity contribution in [3.63, 3.8) is 0 Å². The molecule has 2 aromatic rings. The first-order valence-corrected chi connectivity index (χ1v) is 4.85. The van der Waals surface area contributed by atoms with Crippen LogP contribution in [0.1, 0.15) is 0 Å². The van der Waals surface area contributed by atoms with Gasteiger partial charge in [0.25, 0.3) is 0 Å². The van der Waals surface area contributed by atoms with Crippen molar-refractivity contribution in [2.24, 2.45) is 0 Å². The zero-order valence-electron chi connectivity index (χ0n) is 8.80. The smallest absolute Gasteiger partial charge is 0.248 e. The topological polar surface area (TPSA) is 85.8 Å². The summed E-state index contributed by atoms with van der Waals surface area (Å²) in [6, 6.07) is 5.90. The van der Waals surface area contributed by atoms with Gasteiger partial charge in [0, 0.05) is 0 Å². The van der Waals surface area contributed by atoms with Crippen LogP contribution < -0.4 is 11.1 Å². The van der Waals surface area contributed by atoms with Crippen LogP contribution >= 0.6 is 0 Å². The maximum Gasteiger partial charge on any atom is 0.248 e. The van der Waals surface area contributed by atoms with Gasteiger partial charge in [-0.1, -0.05) is 12.1 Å². The van der Waals surface area contributed by atoms with E-state index in [0.717, 1.165) is 4.80 Å². The number of nitrogen functional groups attached to an aromatic ring is 1. The molecule has 6 nitrogen and oxygen atoms in total. The zero-order chi connectivity index (χ0) is 12.3. The fourth-order valence-electron chi connectivity index (χ4n) is 1.27. The van der Waals surface area contributed by atoms with Crippen molar-refractivity contribution in [1.29, 1.82) is 0 Å². The lowest BCUT2D eigenvalue weighted by Crippen LogP contribution is -2.20. The van der Waals surface area contributed by atoms with E-state index in [1.807, 2.05) is 0 Å². The van der Waals surface area contributed by atoms with Crippen LogP contribution in [0.5, 0.6) is 0 Å². The maximum absolute atomic E-state index is 13.2. The van der Waals surface area contributed by atoms with E-state index in [9.17, 15) is 9.18 Å². The highest BCUT2D eigenvalue weighted by Crippen LogP contribution is 2.12. The molecular formula is C10H10FN5O. The Morgan fingerprint density at radius 1 is 1.47 bits per heavy atom. The third-order valence-electron chi connectivity index (χ3n) is 1.99. The fraction of sp³-hybridized carbons (Fsp3) is 0.100. The minimum absolute atomic E-state index is 0.120. The predicted octanol–water partition coefficient (Wildman–Crippen LogP) is 0.638. The van der Waals surface area contributed by atoms with Gasteiger partial charge in [-0.2, -0.15) is 9.90 Å². The second-order valence-electron chi connectivity index (χ2n) is 3.33. The first-order valence-electron chi connectivity index (χ1n) is 4.85. The Kier molecular flexibility index (Phi) is 2.99. The van der Waals surface area contributed by atoms with Gasteiger partial charge in [-0.3, -0.25) is 4.79 Å². The van der Waals surface area contributed by atoms with Gasteiger partial charge >= 0.3 is 0 Å². The summed E-state index contributed by atoms with van der Waals surface area (Å²) < 4.78 is 13.2. The first-order chi connectivity index (χ1) is 8.15. The highest BCUT2D eigenvalue weighted by molar-refractivity contribution is 5.90. The molecule has 1 aromatic heterocycles. The number of nitrogens with one attached hydrogen (secondary N) is 1. The Bertz CT molecular complexity index is 539. The van der Waals surface area contributed by atoms with Gasteiger partial charge in [0.15, 0.2) is 5.82 Å². The number of rotatable bonds is 3. The number of aromatic nitrogens is 3. The van der Waals surface area contributed by atoms with Crippen LogP contribution in [0.15, 0.2) is 30.5 Å². The number of amides is 1. The number of para-hydroxylation sites is 1. The second kappa shape index (κ2) is 4.60. The summed E-state index contributed by atoms with van der Waals surface area (Å²) >= 11 is 0. The van der Waals surface area contributed by atoms with Crippen LogP contribution in [0, 0.1) is 5.82 Å². The van der Waals surface area contributed by atoms with Crippen molar-refractivity contribution in [3.05, 3.63) is 36.3 Å². The number of anilines is 2. The van der Waals surface area contributed by atoms with Crippen LogP contribution in [0.4, 0.5) is 15.9 Å². The van der Waals surface area contributed by atoms with E-state index in [0.29, 0.717) is 0 Å². The van der Waals surface area contributed by atoms with Gasteiger partial charge in [-0.05, 0) is 12.1 Å². The number of hydrogen-bond donors (Lipinski definition) is 2. The molecule has 0 radical (unpaired) electrons. The van der Waals surface area contributed by atoms with E-state index in [4.69, 9.17) is 5.73 Å². The minimum Gasteiger partial charge on any atom is -0.381 e. The summed E-state index contributed by atoms with van der Waals surface area (Å²) in [5, 5.41) is 9.90. The third-order valence-corrected chi connectivity index (χ3v) is 1.99. The van der Waals surface area contributed by atoms with Crippen LogP contribution in [-0.4, -0.2) is 20.9 Å². The normalized spacial score (nSPS) is 10.2. The molecule has 3 N–H and O–H groups in total. The molecule has 0 aliphatic carbocycles. The van der Waals surface area contributed by atoms with Crippen molar-refractivity contribution in [1.82, 2.24) is 15.0 Å². The molecule has 0 bridgehead atoms. The molecular weight excluding hydrogens is 225 g/mol. The highest BCUT2D eigenvalue weighted by atomic mass is 19.1. The number of nitrogens with zero attached hydrogens (tertiary/aromatic N) is 3. The third kappa shape index (κ3) is 2.77. The lowest BCUT2D eigenvalue weighted by molar-refractivity contribution is -0.117. The maximum atomic E-state index is 13.2. The van der Waals surface area contributed by atoms with Crippen LogP contribution in [0.3, 0.4) is 0 Å². The molecule has 1 amide bonds. The van der Waals surface area contributed by atoms with E-state index < -0.39 is 11.7 Å². The number of carbonyl (C=O) groups is 1. The van der Waals surface area contributed by atoms with Gasteiger partial charge in [0.1, 0.15) is 12.4 Å². The predicted molar refractivity (Wildman–Crippen MR) is 59.5 cm³/mol. The van der Waals surface area contributed by atoms with Crippen molar-refractivity contribution < 1.29 is 9.18 Å². The molecule has 0 atom stereocenters. The number of benzene rings is 1. The van der Waals surface area contributed by atoms with Crippen molar-refractivity contribution in [3.8, 4) is 0 Å². The monoisotopic (exact) mass is 235 g/mol. The van der Waals surface area contributed by atoms with Gasteiger partial charge in [-0.15, -0.1) is 5.10 Å². The molecule has 0 saturated carbocycles. The van der Waals surface area contributed by atoms with E-state index in [-0.39, 0.29) is 18.1 Å². The summed E-state index contributed by atoms with van der Waals surface area (Å²) in [5.74, 6) is -0.691. The fourth-order valence-corrected chi connectivity index (χ4v) is 1.27. The summed E-state index contributed by atoms with van der Waals surface area (Å²) in [7, 11) is 0. The molecule has 1 heterocycles. The van der Waals surface area contributed by atoms with Gasteiger partial charge in [0.05, 0.1) is 11.9 Å². The van der Waals surface area contributed by atoms with E-state index in [1.54, 1.807) is 12.1 Å². The summed E-state index contributed by atoms with van der Waals surface area (Å²) in [4.78, 5) is 12.7. The minimum atomic E-state index is -0.492. The standard InChI is InChI=1S/C10H10FN5O/c11-7-3-1-2-4-8(7)14-10(17)6-16-13-5-9(12)15-16/h1-5H,6H2,(H2,12,15)(H,14,17). The average molecular weight is 235 g/mol. The van der Waals surface area contributed by atoms with Crippen molar-refractivity contribution in [2.45, 2.75) is 6.54 Å². The average Bonchev–Trinajstić information content (AvgIpc) is 2.67. The molecule has 0 spiro atoms. The largest absolute Gasteiger partial charge is 0.381 e. The molecule has 0 saturated heterocycles. The number of hydrogen-bond acceptors (Lipinski definition) is 4. The molecule has 17 heavy (non-hydrogen) atoms. The van der Waals surface area contributed by atoms with E-state index in [1.165, 1.54) is 18.3 Å². The molecule has 0 aliphatic heterocycles. The molecule has 0 fully saturated rings. The lowest BCUT2D eigenvalue weighted by atomic mass is 10.3. The lowest BCUT2D eigenvalue weighted by Gasteiger charge is -2.05. The first kappa shape index (κ1) is 11.1. The van der Waals surface area contributed by atoms with E-state index >= 15 is 0 Å². The van der Waals surface area contributed by atoms with Crippen LogP contribution in [0.25, 0.3) is 0 Å². The molecule has 7 heteroatoms. The molecule has 2 rings (SSSR count). The Labute approximate surface area is 96.2 Å². The molecule has 88 valence electrons. The quantitative estimate of drug-likeness (QED) is 0.817. The zero-order valence-corrected chi connectivity index (χ0v) is 8.80.